The van der Waals surface area contributed by atoms with Crippen molar-refractivity contribution >= 4 is 0 Å². The SMILES string of the molecule is CC1CC(C)CN(Cc2ccc(C(C)C)cn2)C1. The molecule has 0 aliphatic carbocycles. The first-order valence-corrected chi connectivity index (χ1v) is 7.21. The molecule has 18 heavy (non-hydrogen) atoms. The zero-order chi connectivity index (χ0) is 13.1. The van der Waals surface area contributed by atoms with Crippen LogP contribution >= 0.6 is 0 Å². The van der Waals surface area contributed by atoms with Gasteiger partial charge in [-0.3, -0.25) is 9.88 Å². The average Bonchev–Trinajstić information content (AvgIpc) is 2.28. The Labute approximate surface area is 111 Å². The van der Waals surface area contributed by atoms with Gasteiger partial charge in [0.2, 0.25) is 0 Å². The molecule has 0 N–H and O–H groups in total. The van der Waals surface area contributed by atoms with Crippen molar-refractivity contribution < 1.29 is 0 Å². The molecule has 100 valence electrons. The zero-order valence-electron chi connectivity index (χ0n) is 12.2. The van der Waals surface area contributed by atoms with E-state index in [0.717, 1.165) is 18.4 Å². The van der Waals surface area contributed by atoms with Crippen LogP contribution in [0.5, 0.6) is 0 Å². The molecule has 1 aromatic rings. The van der Waals surface area contributed by atoms with Crippen molar-refractivity contribution in [3.05, 3.63) is 29.6 Å². The maximum absolute atomic E-state index is 4.60. The van der Waals surface area contributed by atoms with E-state index >= 15 is 0 Å². The molecule has 1 fully saturated rings. The quantitative estimate of drug-likeness (QED) is 0.808. The minimum atomic E-state index is 0.571. The standard InChI is InChI=1S/C16H26N2/c1-12(2)15-5-6-16(17-8-15)11-18-9-13(3)7-14(4)10-18/h5-6,8,12-14H,7,9-11H2,1-4H3. The smallest absolute Gasteiger partial charge is 0.0544 e. The fourth-order valence-electron chi connectivity index (χ4n) is 3.02. The summed E-state index contributed by atoms with van der Waals surface area (Å²) in [6.07, 6.45) is 3.41. The van der Waals surface area contributed by atoms with E-state index in [9.17, 15) is 0 Å². The van der Waals surface area contributed by atoms with E-state index in [2.05, 4.69) is 49.7 Å². The number of aromatic nitrogens is 1. The molecule has 2 heterocycles. The van der Waals surface area contributed by atoms with Crippen molar-refractivity contribution in [3.8, 4) is 0 Å². The van der Waals surface area contributed by atoms with Gasteiger partial charge in [0.25, 0.3) is 0 Å². The highest BCUT2D eigenvalue weighted by molar-refractivity contribution is 5.17. The molecule has 0 spiro atoms. The van der Waals surface area contributed by atoms with Gasteiger partial charge in [0.1, 0.15) is 0 Å². The fourth-order valence-corrected chi connectivity index (χ4v) is 3.02. The van der Waals surface area contributed by atoms with Crippen LogP contribution in [0.25, 0.3) is 0 Å². The summed E-state index contributed by atoms with van der Waals surface area (Å²) < 4.78 is 0. The molecule has 1 saturated heterocycles. The third-order valence-corrected chi connectivity index (χ3v) is 3.84. The zero-order valence-corrected chi connectivity index (χ0v) is 12.2. The Morgan fingerprint density at radius 2 is 1.89 bits per heavy atom. The van der Waals surface area contributed by atoms with E-state index in [4.69, 9.17) is 0 Å². The van der Waals surface area contributed by atoms with Gasteiger partial charge in [0, 0.05) is 25.8 Å². The third-order valence-electron chi connectivity index (χ3n) is 3.84. The van der Waals surface area contributed by atoms with Crippen LogP contribution in [0.15, 0.2) is 18.3 Å². The number of pyridine rings is 1. The topological polar surface area (TPSA) is 16.1 Å². The predicted molar refractivity (Wildman–Crippen MR) is 76.5 cm³/mol. The van der Waals surface area contributed by atoms with Crippen LogP contribution in [0.4, 0.5) is 0 Å². The Bertz CT molecular complexity index is 359. The maximum atomic E-state index is 4.60. The van der Waals surface area contributed by atoms with Crippen LogP contribution < -0.4 is 0 Å². The summed E-state index contributed by atoms with van der Waals surface area (Å²) in [7, 11) is 0. The summed E-state index contributed by atoms with van der Waals surface area (Å²) in [6.45, 7) is 12.6. The molecule has 1 aliphatic heterocycles. The Hall–Kier alpha value is -0.890. The van der Waals surface area contributed by atoms with Gasteiger partial charge in [-0.2, -0.15) is 0 Å². The van der Waals surface area contributed by atoms with E-state index in [1.54, 1.807) is 0 Å². The second-order valence-corrected chi connectivity index (χ2v) is 6.38. The monoisotopic (exact) mass is 246 g/mol. The summed E-state index contributed by atoms with van der Waals surface area (Å²) in [5, 5.41) is 0. The molecule has 1 aromatic heterocycles. The van der Waals surface area contributed by atoms with Crippen molar-refractivity contribution in [1.82, 2.24) is 9.88 Å². The summed E-state index contributed by atoms with van der Waals surface area (Å²) in [5.74, 6) is 2.22. The number of hydrogen-bond acceptors (Lipinski definition) is 2. The number of likely N-dealkylation sites (tertiary alicyclic amines) is 1. The Morgan fingerprint density at radius 1 is 1.22 bits per heavy atom. The van der Waals surface area contributed by atoms with Gasteiger partial charge < -0.3 is 0 Å². The largest absolute Gasteiger partial charge is 0.297 e. The number of nitrogens with zero attached hydrogens (tertiary/aromatic N) is 2. The summed E-state index contributed by atoms with van der Waals surface area (Å²) >= 11 is 0. The van der Waals surface area contributed by atoms with E-state index in [0.29, 0.717) is 5.92 Å². The predicted octanol–water partition coefficient (Wildman–Crippen LogP) is 3.68. The van der Waals surface area contributed by atoms with Gasteiger partial charge in [0.15, 0.2) is 0 Å². The molecule has 0 radical (unpaired) electrons. The Kier molecular flexibility index (Phi) is 4.39. The van der Waals surface area contributed by atoms with Crippen molar-refractivity contribution in [2.45, 2.75) is 46.6 Å². The van der Waals surface area contributed by atoms with Crippen LogP contribution in [0, 0.1) is 11.8 Å². The number of rotatable bonds is 3. The lowest BCUT2D eigenvalue weighted by Gasteiger charge is -2.34. The fraction of sp³-hybridized carbons (Fsp3) is 0.688. The number of piperidine rings is 1. The van der Waals surface area contributed by atoms with Crippen LogP contribution in [-0.4, -0.2) is 23.0 Å². The van der Waals surface area contributed by atoms with E-state index in [1.807, 2.05) is 6.20 Å². The first-order chi connectivity index (χ1) is 8.54. The second-order valence-electron chi connectivity index (χ2n) is 6.38. The molecule has 0 bridgehead atoms. The molecule has 1 aliphatic rings. The van der Waals surface area contributed by atoms with Gasteiger partial charge >= 0.3 is 0 Å². The molecule has 0 aromatic carbocycles. The first kappa shape index (κ1) is 13.5. The summed E-state index contributed by atoms with van der Waals surface area (Å²) in [5.41, 5.74) is 2.54. The van der Waals surface area contributed by atoms with Crippen molar-refractivity contribution in [2.24, 2.45) is 11.8 Å². The molecule has 2 nitrogen and oxygen atoms in total. The first-order valence-electron chi connectivity index (χ1n) is 7.21. The third kappa shape index (κ3) is 3.55. The van der Waals surface area contributed by atoms with Crippen LogP contribution in [0.2, 0.25) is 0 Å². The molecule has 2 unspecified atom stereocenters. The van der Waals surface area contributed by atoms with Gasteiger partial charge in [-0.25, -0.2) is 0 Å². The average molecular weight is 246 g/mol. The van der Waals surface area contributed by atoms with Gasteiger partial charge in [-0.05, 0) is 35.8 Å². The molecule has 0 saturated carbocycles. The van der Waals surface area contributed by atoms with E-state index in [-0.39, 0.29) is 0 Å². The molecule has 2 rings (SSSR count). The second kappa shape index (κ2) is 5.83. The summed E-state index contributed by atoms with van der Waals surface area (Å²) in [4.78, 5) is 7.15. The lowest BCUT2D eigenvalue weighted by molar-refractivity contribution is 0.133. The van der Waals surface area contributed by atoms with Gasteiger partial charge in [-0.1, -0.05) is 33.8 Å². The molecular formula is C16H26N2. The van der Waals surface area contributed by atoms with Crippen molar-refractivity contribution in [2.75, 3.05) is 13.1 Å². The van der Waals surface area contributed by atoms with Crippen LogP contribution in [-0.2, 0) is 6.54 Å². The lowest BCUT2D eigenvalue weighted by Crippen LogP contribution is -2.38. The van der Waals surface area contributed by atoms with Crippen molar-refractivity contribution in [3.63, 3.8) is 0 Å². The highest BCUT2D eigenvalue weighted by Crippen LogP contribution is 2.22. The molecule has 2 heteroatoms. The lowest BCUT2D eigenvalue weighted by atomic mass is 9.92. The Balaban J connectivity index is 1.96. The minimum Gasteiger partial charge on any atom is -0.297 e. The maximum Gasteiger partial charge on any atom is 0.0544 e. The van der Waals surface area contributed by atoms with Gasteiger partial charge in [-0.15, -0.1) is 0 Å². The molecular weight excluding hydrogens is 220 g/mol. The molecule has 0 amide bonds. The minimum absolute atomic E-state index is 0.571. The van der Waals surface area contributed by atoms with Gasteiger partial charge in [0.05, 0.1) is 5.69 Å². The van der Waals surface area contributed by atoms with E-state index in [1.165, 1.54) is 30.8 Å². The highest BCUT2D eigenvalue weighted by Gasteiger charge is 2.21. The van der Waals surface area contributed by atoms with Crippen LogP contribution in [0.1, 0.15) is 51.3 Å². The Morgan fingerprint density at radius 3 is 2.39 bits per heavy atom. The highest BCUT2D eigenvalue weighted by atomic mass is 15.1. The van der Waals surface area contributed by atoms with Crippen LogP contribution in [0.3, 0.4) is 0 Å². The van der Waals surface area contributed by atoms with Crippen molar-refractivity contribution in [1.29, 1.82) is 0 Å². The normalized spacial score (nSPS) is 25.6. The molecule has 2 atom stereocenters. The van der Waals surface area contributed by atoms with E-state index < -0.39 is 0 Å². The number of hydrogen-bond donors (Lipinski definition) is 0. The summed E-state index contributed by atoms with van der Waals surface area (Å²) in [6, 6.07) is 4.42.